The van der Waals surface area contributed by atoms with E-state index >= 15 is 0 Å². The van der Waals surface area contributed by atoms with Crippen molar-refractivity contribution >= 4 is 27.6 Å². The quantitative estimate of drug-likeness (QED) is 0.908. The first-order valence-electron chi connectivity index (χ1n) is 7.62. The van der Waals surface area contributed by atoms with E-state index in [1.165, 1.54) is 0 Å². The molecular formula is C16H22BrN3O. The van der Waals surface area contributed by atoms with Gasteiger partial charge < -0.3 is 15.4 Å². The van der Waals surface area contributed by atoms with Crippen LogP contribution in [-0.4, -0.2) is 30.8 Å². The Kier molecular flexibility index (Phi) is 4.22. The van der Waals surface area contributed by atoms with E-state index in [0.29, 0.717) is 12.1 Å². The molecule has 2 aliphatic heterocycles. The Labute approximate surface area is 134 Å². The minimum Gasteiger partial charge on any atom is -0.378 e. The van der Waals surface area contributed by atoms with Gasteiger partial charge in [-0.05, 0) is 47.3 Å². The number of halogens is 1. The molecule has 0 radical (unpaired) electrons. The van der Waals surface area contributed by atoms with Gasteiger partial charge in [0.25, 0.3) is 0 Å². The van der Waals surface area contributed by atoms with Crippen molar-refractivity contribution in [2.45, 2.75) is 44.2 Å². The third-order valence-electron chi connectivity index (χ3n) is 4.47. The topological polar surface area (TPSA) is 50.9 Å². The summed E-state index contributed by atoms with van der Waals surface area (Å²) in [5, 5.41) is 0. The van der Waals surface area contributed by atoms with Crippen molar-refractivity contribution in [3.8, 4) is 0 Å². The molecule has 1 aromatic carbocycles. The molecule has 0 amide bonds. The van der Waals surface area contributed by atoms with Gasteiger partial charge in [-0.3, -0.25) is 4.99 Å². The lowest BCUT2D eigenvalue weighted by Crippen LogP contribution is -2.56. The Morgan fingerprint density at radius 1 is 1.48 bits per heavy atom. The molecular weight excluding hydrogens is 330 g/mol. The number of ether oxygens (including phenoxy) is 1. The van der Waals surface area contributed by atoms with Crippen LogP contribution in [0.3, 0.4) is 0 Å². The molecule has 1 spiro atoms. The van der Waals surface area contributed by atoms with Gasteiger partial charge in [-0.1, -0.05) is 25.5 Å². The van der Waals surface area contributed by atoms with Gasteiger partial charge in [-0.2, -0.15) is 0 Å². The summed E-state index contributed by atoms with van der Waals surface area (Å²) in [4.78, 5) is 6.78. The number of nitrogens with two attached hydrogens (primary N) is 1. The molecule has 21 heavy (non-hydrogen) atoms. The Bertz CT molecular complexity index is 546. The van der Waals surface area contributed by atoms with Gasteiger partial charge in [0, 0.05) is 11.1 Å². The third kappa shape index (κ3) is 2.69. The molecule has 0 aliphatic carbocycles. The smallest absolute Gasteiger partial charge is 0.196 e. The van der Waals surface area contributed by atoms with Crippen LogP contribution in [-0.2, 0) is 4.74 Å². The van der Waals surface area contributed by atoms with E-state index in [-0.39, 0.29) is 5.54 Å². The number of para-hydroxylation sites is 1. The summed E-state index contributed by atoms with van der Waals surface area (Å²) in [6.45, 7) is 3.76. The van der Waals surface area contributed by atoms with Crippen LogP contribution in [0.1, 0.15) is 32.6 Å². The number of anilines is 1. The average Bonchev–Trinajstić information content (AvgIpc) is 2.77. The molecule has 1 fully saturated rings. The molecule has 114 valence electrons. The normalized spacial score (nSPS) is 29.0. The minimum absolute atomic E-state index is 0.0218. The number of benzene rings is 1. The molecule has 2 aliphatic rings. The first kappa shape index (κ1) is 14.9. The molecule has 1 aromatic rings. The molecule has 0 saturated carbocycles. The van der Waals surface area contributed by atoms with Gasteiger partial charge in [0.15, 0.2) is 5.96 Å². The number of hydrogen-bond acceptors (Lipinski definition) is 4. The molecule has 2 atom stereocenters. The van der Waals surface area contributed by atoms with Gasteiger partial charge in [0.1, 0.15) is 0 Å². The first-order valence-corrected chi connectivity index (χ1v) is 8.42. The highest BCUT2D eigenvalue weighted by Gasteiger charge is 2.47. The molecule has 0 aromatic heterocycles. The van der Waals surface area contributed by atoms with Gasteiger partial charge in [0.2, 0.25) is 0 Å². The molecule has 4 nitrogen and oxygen atoms in total. The first-order chi connectivity index (χ1) is 10.2. The Hall–Kier alpha value is -1.07. The highest BCUT2D eigenvalue weighted by atomic mass is 79.9. The van der Waals surface area contributed by atoms with E-state index in [1.54, 1.807) is 0 Å². The van der Waals surface area contributed by atoms with Gasteiger partial charge in [0.05, 0.1) is 23.9 Å². The lowest BCUT2D eigenvalue weighted by molar-refractivity contribution is -0.0180. The lowest BCUT2D eigenvalue weighted by atomic mass is 9.84. The Morgan fingerprint density at radius 3 is 3.05 bits per heavy atom. The van der Waals surface area contributed by atoms with Crippen LogP contribution < -0.4 is 10.6 Å². The van der Waals surface area contributed by atoms with E-state index in [2.05, 4.69) is 44.9 Å². The predicted molar refractivity (Wildman–Crippen MR) is 89.7 cm³/mol. The summed E-state index contributed by atoms with van der Waals surface area (Å²) in [5.74, 6) is 0.624. The van der Waals surface area contributed by atoms with Crippen LogP contribution in [0.15, 0.2) is 33.7 Å². The standard InChI is InChI=1S/C16H22BrN3O/c1-2-5-12-10-16(8-9-21-12)11-19-15(18)20(16)14-7-4-3-6-13(14)17/h3-4,6-7,12H,2,5,8-11H2,1H3,(H2,18,19). The molecule has 1 saturated heterocycles. The number of rotatable bonds is 3. The van der Waals surface area contributed by atoms with E-state index in [1.807, 2.05) is 12.1 Å². The van der Waals surface area contributed by atoms with E-state index in [9.17, 15) is 0 Å². The van der Waals surface area contributed by atoms with Crippen molar-refractivity contribution in [3.05, 3.63) is 28.7 Å². The largest absolute Gasteiger partial charge is 0.378 e. The van der Waals surface area contributed by atoms with E-state index in [4.69, 9.17) is 10.5 Å². The summed E-state index contributed by atoms with van der Waals surface area (Å²) in [7, 11) is 0. The molecule has 0 bridgehead atoms. The summed E-state index contributed by atoms with van der Waals surface area (Å²) in [5.41, 5.74) is 7.30. The van der Waals surface area contributed by atoms with Gasteiger partial charge in [-0.25, -0.2) is 0 Å². The van der Waals surface area contributed by atoms with Crippen molar-refractivity contribution in [2.24, 2.45) is 10.7 Å². The number of aliphatic imine (C=N–C) groups is 1. The van der Waals surface area contributed by atoms with Crippen LogP contribution >= 0.6 is 15.9 Å². The van der Waals surface area contributed by atoms with Crippen LogP contribution in [0.4, 0.5) is 5.69 Å². The Balaban J connectivity index is 1.93. The maximum atomic E-state index is 6.22. The van der Waals surface area contributed by atoms with Crippen molar-refractivity contribution in [1.82, 2.24) is 0 Å². The van der Waals surface area contributed by atoms with E-state index in [0.717, 1.165) is 49.0 Å². The molecule has 2 N–H and O–H groups in total. The van der Waals surface area contributed by atoms with Crippen LogP contribution in [0.25, 0.3) is 0 Å². The van der Waals surface area contributed by atoms with Crippen LogP contribution in [0.2, 0.25) is 0 Å². The van der Waals surface area contributed by atoms with Crippen molar-refractivity contribution < 1.29 is 4.74 Å². The fourth-order valence-corrected chi connectivity index (χ4v) is 3.94. The maximum Gasteiger partial charge on any atom is 0.196 e. The summed E-state index contributed by atoms with van der Waals surface area (Å²) in [6.07, 6.45) is 4.53. The summed E-state index contributed by atoms with van der Waals surface area (Å²) >= 11 is 3.65. The average molecular weight is 352 g/mol. The SMILES string of the molecule is CCCC1CC2(CCO1)CN=C(N)N2c1ccccc1Br. The zero-order valence-corrected chi connectivity index (χ0v) is 14.0. The predicted octanol–water partition coefficient (Wildman–Crippen LogP) is 3.30. The highest BCUT2D eigenvalue weighted by molar-refractivity contribution is 9.10. The number of nitrogens with zero attached hydrogens (tertiary/aromatic N) is 2. The second-order valence-electron chi connectivity index (χ2n) is 5.92. The fraction of sp³-hybridized carbons (Fsp3) is 0.562. The second kappa shape index (κ2) is 5.97. The summed E-state index contributed by atoms with van der Waals surface area (Å²) < 4.78 is 6.98. The fourth-order valence-electron chi connectivity index (χ4n) is 3.48. The molecule has 3 rings (SSSR count). The van der Waals surface area contributed by atoms with E-state index < -0.39 is 0 Å². The Morgan fingerprint density at radius 2 is 2.29 bits per heavy atom. The lowest BCUT2D eigenvalue weighted by Gasteiger charge is -2.45. The molecule has 5 heteroatoms. The van der Waals surface area contributed by atoms with Crippen molar-refractivity contribution in [1.29, 1.82) is 0 Å². The van der Waals surface area contributed by atoms with Crippen LogP contribution in [0.5, 0.6) is 0 Å². The second-order valence-corrected chi connectivity index (χ2v) is 6.78. The van der Waals surface area contributed by atoms with Crippen LogP contribution in [0, 0.1) is 0 Å². The maximum absolute atomic E-state index is 6.22. The molecule has 2 heterocycles. The number of hydrogen-bond donors (Lipinski definition) is 1. The van der Waals surface area contributed by atoms with Crippen molar-refractivity contribution in [3.63, 3.8) is 0 Å². The van der Waals surface area contributed by atoms with Crippen molar-refractivity contribution in [2.75, 3.05) is 18.1 Å². The zero-order chi connectivity index (χ0) is 14.9. The zero-order valence-electron chi connectivity index (χ0n) is 12.4. The highest BCUT2D eigenvalue weighted by Crippen LogP contribution is 2.41. The third-order valence-corrected chi connectivity index (χ3v) is 5.14. The minimum atomic E-state index is -0.0218. The monoisotopic (exact) mass is 351 g/mol. The van der Waals surface area contributed by atoms with Gasteiger partial charge >= 0.3 is 0 Å². The van der Waals surface area contributed by atoms with Gasteiger partial charge in [-0.15, -0.1) is 0 Å². The number of guanidine groups is 1. The summed E-state index contributed by atoms with van der Waals surface area (Å²) in [6, 6.07) is 8.22. The molecule has 2 unspecified atom stereocenters.